The molecule has 15 heavy (non-hydrogen) atoms. The van der Waals surface area contributed by atoms with Crippen molar-refractivity contribution in [2.24, 2.45) is 0 Å². The van der Waals surface area contributed by atoms with Crippen molar-refractivity contribution in [3.8, 4) is 0 Å². The van der Waals surface area contributed by atoms with Crippen molar-refractivity contribution in [1.29, 1.82) is 0 Å². The summed E-state index contributed by atoms with van der Waals surface area (Å²) in [6.45, 7) is 1.55. The van der Waals surface area contributed by atoms with Crippen LogP contribution in [-0.2, 0) is 9.36 Å². The largest absolute Gasteiger partial charge is 0.692 e. The Morgan fingerprint density at radius 2 is 1.53 bits per heavy atom. The quantitative estimate of drug-likeness (QED) is 0.200. The molecule has 0 heterocycles. The van der Waals surface area contributed by atoms with Crippen LogP contribution in [0.1, 0.15) is 6.92 Å². The third-order valence-electron chi connectivity index (χ3n) is 1.33. The van der Waals surface area contributed by atoms with Crippen molar-refractivity contribution in [2.45, 2.75) is 30.5 Å². The molecule has 0 aromatic rings. The first-order chi connectivity index (χ1) is 6.73. The Hall–Kier alpha value is -0.0800. The first-order valence-electron chi connectivity index (χ1n) is 3.76. The minimum atomic E-state index is -2.87. The number of thiol groups is 1. The number of aliphatic hydroxyl groups excluding tert-OH is 3. The summed E-state index contributed by atoms with van der Waals surface area (Å²) in [5, 5.41) is 26.3. The first-order valence-corrected chi connectivity index (χ1v) is 5.44. The van der Waals surface area contributed by atoms with E-state index in [1.165, 1.54) is 0 Å². The molecular formula is C6H14O7PS+. The second-order valence-corrected chi connectivity index (χ2v) is 3.92. The number of carbonyl (C=O) groups excluding carboxylic acids is 1. The van der Waals surface area contributed by atoms with E-state index in [2.05, 4.69) is 12.6 Å². The van der Waals surface area contributed by atoms with Crippen LogP contribution in [0.5, 0.6) is 0 Å². The lowest BCUT2D eigenvalue weighted by Gasteiger charge is -2.21. The van der Waals surface area contributed by atoms with E-state index in [1.54, 1.807) is 6.92 Å². The molecule has 0 saturated heterocycles. The van der Waals surface area contributed by atoms with Crippen molar-refractivity contribution in [2.75, 3.05) is 0 Å². The van der Waals surface area contributed by atoms with Crippen molar-refractivity contribution >= 4 is 27.2 Å². The molecule has 0 bridgehead atoms. The van der Waals surface area contributed by atoms with Crippen LogP contribution in [0.4, 0.5) is 0 Å². The highest BCUT2D eigenvalue weighted by atomic mass is 32.1. The Balaban J connectivity index is 0. The number of aldehydes is 1. The molecule has 7 nitrogen and oxygen atoms in total. The summed E-state index contributed by atoms with van der Waals surface area (Å²) in [7, 11) is -2.87. The van der Waals surface area contributed by atoms with Crippen LogP contribution < -0.4 is 0 Å². The van der Waals surface area contributed by atoms with Gasteiger partial charge in [-0.05, 0) is 0 Å². The van der Waals surface area contributed by atoms with Gasteiger partial charge in [0.05, 0.1) is 6.10 Å². The number of hydrogen-bond acceptors (Lipinski definition) is 6. The van der Waals surface area contributed by atoms with Crippen LogP contribution >= 0.6 is 20.9 Å². The van der Waals surface area contributed by atoms with Gasteiger partial charge >= 0.3 is 8.25 Å². The molecule has 0 saturated carbocycles. The van der Waals surface area contributed by atoms with E-state index in [-0.39, 0.29) is 6.29 Å². The maximum Gasteiger partial charge on any atom is 0.692 e. The Bertz CT molecular complexity index is 196. The van der Waals surface area contributed by atoms with E-state index >= 15 is 0 Å². The molecule has 0 aliphatic heterocycles. The molecule has 0 amide bonds. The molecule has 0 rings (SSSR count). The average Bonchev–Trinajstić information content (AvgIpc) is 2.13. The predicted octanol–water partition coefficient (Wildman–Crippen LogP) is -1.79. The van der Waals surface area contributed by atoms with Gasteiger partial charge in [-0.2, -0.15) is 12.6 Å². The fourth-order valence-electron chi connectivity index (χ4n) is 0.568. The summed E-state index contributed by atoms with van der Waals surface area (Å²) in [5.41, 5.74) is 0. The maximum atomic E-state index is 9.93. The van der Waals surface area contributed by atoms with Crippen LogP contribution in [-0.4, -0.2) is 55.0 Å². The first kappa shape index (κ1) is 17.3. The summed E-state index contributed by atoms with van der Waals surface area (Å²) in [6, 6.07) is 0. The summed E-state index contributed by atoms with van der Waals surface area (Å²) >= 11 is 3.83. The molecule has 0 aliphatic carbocycles. The van der Waals surface area contributed by atoms with Crippen LogP contribution in [0, 0.1) is 0 Å². The van der Waals surface area contributed by atoms with Gasteiger partial charge in [-0.3, -0.25) is 0 Å². The van der Waals surface area contributed by atoms with Crippen LogP contribution in [0.2, 0.25) is 0 Å². The van der Waals surface area contributed by atoms with Crippen LogP contribution in [0.25, 0.3) is 0 Å². The molecule has 90 valence electrons. The molecule has 4 atom stereocenters. The molecule has 0 fully saturated rings. The van der Waals surface area contributed by atoms with Gasteiger partial charge in [-0.25, -0.2) is 0 Å². The third kappa shape index (κ3) is 10.2. The van der Waals surface area contributed by atoms with Crippen molar-refractivity contribution in [3.63, 3.8) is 0 Å². The van der Waals surface area contributed by atoms with Gasteiger partial charge in [-0.1, -0.05) is 6.92 Å². The normalized spacial score (nSPS) is 17.8. The second-order valence-electron chi connectivity index (χ2n) is 2.60. The van der Waals surface area contributed by atoms with Crippen molar-refractivity contribution in [3.05, 3.63) is 0 Å². The predicted molar refractivity (Wildman–Crippen MR) is 54.6 cm³/mol. The SMILES string of the molecule is CC(S)C(O)C(O)C(O)C=O.O=[P+](O)O. The van der Waals surface area contributed by atoms with E-state index in [9.17, 15) is 4.79 Å². The third-order valence-corrected chi connectivity index (χ3v) is 1.64. The smallest absolute Gasteiger partial charge is 0.389 e. The van der Waals surface area contributed by atoms with Crippen LogP contribution in [0.3, 0.4) is 0 Å². The van der Waals surface area contributed by atoms with E-state index < -0.39 is 31.8 Å². The zero-order valence-corrected chi connectivity index (χ0v) is 9.62. The second kappa shape index (κ2) is 9.17. The zero-order valence-electron chi connectivity index (χ0n) is 7.83. The van der Waals surface area contributed by atoms with Gasteiger partial charge in [0.2, 0.25) is 0 Å². The molecule has 0 aliphatic rings. The highest BCUT2D eigenvalue weighted by molar-refractivity contribution is 7.81. The van der Waals surface area contributed by atoms with E-state index in [0.717, 1.165) is 0 Å². The molecule has 0 spiro atoms. The number of rotatable bonds is 4. The Kier molecular flexibility index (Phi) is 10.6. The van der Waals surface area contributed by atoms with E-state index in [1.807, 2.05) is 0 Å². The lowest BCUT2D eigenvalue weighted by Crippen LogP contribution is -2.42. The number of aliphatic hydroxyl groups is 3. The summed E-state index contributed by atoms with van der Waals surface area (Å²) in [5.74, 6) is 0. The summed E-state index contributed by atoms with van der Waals surface area (Å²) in [6.07, 6.45) is -4.03. The minimum Gasteiger partial charge on any atom is -0.389 e. The highest BCUT2D eigenvalue weighted by Crippen LogP contribution is 2.07. The van der Waals surface area contributed by atoms with Crippen molar-refractivity contribution in [1.82, 2.24) is 0 Å². The lowest BCUT2D eigenvalue weighted by atomic mass is 10.1. The van der Waals surface area contributed by atoms with Gasteiger partial charge in [0.15, 0.2) is 6.29 Å². The molecule has 0 radical (unpaired) electrons. The maximum absolute atomic E-state index is 9.93. The monoisotopic (exact) mass is 261 g/mol. The fraction of sp³-hybridized carbons (Fsp3) is 0.833. The molecule has 5 N–H and O–H groups in total. The van der Waals surface area contributed by atoms with E-state index in [0.29, 0.717) is 0 Å². The molecule has 0 aromatic carbocycles. The summed E-state index contributed by atoms with van der Waals surface area (Å²) < 4.78 is 8.70. The molecule has 9 heteroatoms. The van der Waals surface area contributed by atoms with Gasteiger partial charge in [-0.15, -0.1) is 9.79 Å². The number of hydrogen-bond donors (Lipinski definition) is 6. The van der Waals surface area contributed by atoms with Gasteiger partial charge in [0.1, 0.15) is 12.2 Å². The van der Waals surface area contributed by atoms with Crippen molar-refractivity contribution < 1.29 is 34.5 Å². The molecule has 4 unspecified atom stereocenters. The summed E-state index contributed by atoms with van der Waals surface area (Å²) in [4.78, 5) is 24.2. The fourth-order valence-corrected chi connectivity index (χ4v) is 0.744. The van der Waals surface area contributed by atoms with Gasteiger partial charge in [0, 0.05) is 9.81 Å². The van der Waals surface area contributed by atoms with Crippen LogP contribution in [0.15, 0.2) is 0 Å². The Morgan fingerprint density at radius 3 is 1.73 bits per heavy atom. The van der Waals surface area contributed by atoms with Gasteiger partial charge in [0.25, 0.3) is 0 Å². The number of carbonyl (C=O) groups is 1. The average molecular weight is 261 g/mol. The zero-order chi connectivity index (χ0) is 12.6. The standard InChI is InChI=1S/C6H12O4S.HO3P/c1-3(11)5(9)6(10)4(8)2-7;1-4(2)3/h2-6,8-11H,1H3;(H-,1,2,3)/p+1. The van der Waals surface area contributed by atoms with Gasteiger partial charge < -0.3 is 20.1 Å². The molecular weight excluding hydrogens is 247 g/mol. The van der Waals surface area contributed by atoms with E-state index in [4.69, 9.17) is 29.7 Å². The Morgan fingerprint density at radius 1 is 1.20 bits per heavy atom. The minimum absolute atomic E-state index is 0.171. The Labute approximate surface area is 92.7 Å². The highest BCUT2D eigenvalue weighted by Gasteiger charge is 2.26. The molecule has 0 aromatic heterocycles. The topological polar surface area (TPSA) is 135 Å². The lowest BCUT2D eigenvalue weighted by molar-refractivity contribution is -0.125.